The molecule has 2 amide bonds. The highest BCUT2D eigenvalue weighted by Gasteiger charge is 2.21. The van der Waals surface area contributed by atoms with Crippen molar-refractivity contribution in [3.63, 3.8) is 0 Å². The van der Waals surface area contributed by atoms with Crippen LogP contribution in [0.4, 0.5) is 5.69 Å². The van der Waals surface area contributed by atoms with E-state index in [0.29, 0.717) is 17.8 Å². The highest BCUT2D eigenvalue weighted by atomic mass is 16.2. The van der Waals surface area contributed by atoms with Gasteiger partial charge in [-0.2, -0.15) is 0 Å². The highest BCUT2D eigenvalue weighted by Crippen LogP contribution is 2.11. The summed E-state index contributed by atoms with van der Waals surface area (Å²) in [5.74, 6) is -0.400. The quantitative estimate of drug-likeness (QED) is 0.747. The molecule has 98 valence electrons. The van der Waals surface area contributed by atoms with Crippen LogP contribution in [0.15, 0.2) is 24.3 Å². The summed E-state index contributed by atoms with van der Waals surface area (Å²) < 4.78 is 0. The molecule has 1 rings (SSSR count). The van der Waals surface area contributed by atoms with E-state index in [4.69, 9.17) is 5.73 Å². The number of carbonyl (C=O) groups excluding carboxylic acids is 2. The van der Waals surface area contributed by atoms with E-state index < -0.39 is 5.54 Å². The first-order valence-electron chi connectivity index (χ1n) is 5.83. The van der Waals surface area contributed by atoms with E-state index in [1.165, 1.54) is 0 Å². The molecule has 0 aliphatic rings. The molecule has 0 saturated heterocycles. The summed E-state index contributed by atoms with van der Waals surface area (Å²) in [5, 5.41) is 5.38. The average Bonchev–Trinajstić information content (AvgIpc) is 2.29. The summed E-state index contributed by atoms with van der Waals surface area (Å²) in [7, 11) is 0. The molecule has 4 N–H and O–H groups in total. The van der Waals surface area contributed by atoms with Gasteiger partial charge in [-0.1, -0.05) is 0 Å². The number of amides is 2. The van der Waals surface area contributed by atoms with Crippen LogP contribution in [0.25, 0.3) is 0 Å². The zero-order valence-electron chi connectivity index (χ0n) is 10.9. The number of nitrogens with one attached hydrogen (secondary N) is 2. The molecule has 0 unspecified atom stereocenters. The smallest absolute Gasteiger partial charge is 0.251 e. The summed E-state index contributed by atoms with van der Waals surface area (Å²) in [4.78, 5) is 23.2. The fourth-order valence-electron chi connectivity index (χ4n) is 1.26. The lowest BCUT2D eigenvalue weighted by Gasteiger charge is -2.17. The second-order valence-electron chi connectivity index (χ2n) is 4.61. The van der Waals surface area contributed by atoms with E-state index in [9.17, 15) is 9.59 Å². The monoisotopic (exact) mass is 249 g/mol. The van der Waals surface area contributed by atoms with Gasteiger partial charge in [-0.05, 0) is 45.0 Å². The maximum atomic E-state index is 11.6. The summed E-state index contributed by atoms with van der Waals surface area (Å²) in [5.41, 5.74) is 5.91. The maximum absolute atomic E-state index is 11.6. The van der Waals surface area contributed by atoms with Crippen molar-refractivity contribution in [3.8, 4) is 0 Å². The third-order valence-corrected chi connectivity index (χ3v) is 2.33. The van der Waals surface area contributed by atoms with Crippen LogP contribution in [0.1, 0.15) is 31.1 Å². The van der Waals surface area contributed by atoms with Crippen molar-refractivity contribution in [1.82, 2.24) is 5.32 Å². The van der Waals surface area contributed by atoms with E-state index in [0.717, 1.165) is 0 Å². The molecule has 1 aromatic carbocycles. The molecule has 18 heavy (non-hydrogen) atoms. The Hall–Kier alpha value is -1.88. The Morgan fingerprint density at radius 1 is 1.22 bits per heavy atom. The fourth-order valence-corrected chi connectivity index (χ4v) is 1.26. The molecule has 5 nitrogen and oxygen atoms in total. The minimum Gasteiger partial charge on any atom is -0.352 e. The Morgan fingerprint density at radius 2 is 1.78 bits per heavy atom. The average molecular weight is 249 g/mol. The van der Waals surface area contributed by atoms with E-state index >= 15 is 0 Å². The van der Waals surface area contributed by atoms with E-state index in [1.54, 1.807) is 38.1 Å². The predicted octanol–water partition coefficient (Wildman–Crippen LogP) is 1.11. The van der Waals surface area contributed by atoms with Crippen LogP contribution in [0.5, 0.6) is 0 Å². The van der Waals surface area contributed by atoms with Gasteiger partial charge in [-0.25, -0.2) is 0 Å². The molecule has 0 atom stereocenters. The first kappa shape index (κ1) is 14.2. The number of rotatable bonds is 4. The number of hydrogen-bond acceptors (Lipinski definition) is 3. The van der Waals surface area contributed by atoms with Gasteiger partial charge in [0.25, 0.3) is 5.91 Å². The molecule has 1 aromatic rings. The number of hydrogen-bond donors (Lipinski definition) is 3. The van der Waals surface area contributed by atoms with E-state index in [2.05, 4.69) is 10.6 Å². The Balaban J connectivity index is 2.72. The lowest BCUT2D eigenvalue weighted by Crippen LogP contribution is -2.45. The van der Waals surface area contributed by atoms with Gasteiger partial charge in [-0.15, -0.1) is 0 Å². The lowest BCUT2D eigenvalue weighted by molar-refractivity contribution is -0.120. The van der Waals surface area contributed by atoms with Gasteiger partial charge in [0, 0.05) is 17.8 Å². The second kappa shape index (κ2) is 5.64. The van der Waals surface area contributed by atoms with E-state index in [1.807, 2.05) is 6.92 Å². The van der Waals surface area contributed by atoms with Gasteiger partial charge in [0.2, 0.25) is 5.91 Å². The standard InChI is InChI=1S/C13H19N3O2/c1-4-15-11(17)9-5-7-10(8-6-9)16-12(18)13(2,3)14/h5-8H,4,14H2,1-3H3,(H,15,17)(H,16,18). The van der Waals surface area contributed by atoms with E-state index in [-0.39, 0.29) is 11.8 Å². The molecular formula is C13H19N3O2. The third kappa shape index (κ3) is 3.85. The number of anilines is 1. The zero-order valence-corrected chi connectivity index (χ0v) is 10.9. The van der Waals surface area contributed by atoms with Crippen LogP contribution in [0, 0.1) is 0 Å². The molecule has 0 aliphatic carbocycles. The Kier molecular flexibility index (Phi) is 4.44. The summed E-state index contributed by atoms with van der Waals surface area (Å²) in [6.07, 6.45) is 0. The Morgan fingerprint density at radius 3 is 2.22 bits per heavy atom. The summed E-state index contributed by atoms with van der Waals surface area (Å²) in [6.45, 7) is 5.70. The van der Waals surface area contributed by atoms with Crippen LogP contribution in [-0.4, -0.2) is 23.9 Å². The molecule has 0 aliphatic heterocycles. The van der Waals surface area contributed by atoms with Crippen molar-refractivity contribution in [2.75, 3.05) is 11.9 Å². The van der Waals surface area contributed by atoms with Crippen molar-refractivity contribution >= 4 is 17.5 Å². The maximum Gasteiger partial charge on any atom is 0.251 e. The van der Waals surface area contributed by atoms with Gasteiger partial charge >= 0.3 is 0 Å². The molecule has 0 radical (unpaired) electrons. The van der Waals surface area contributed by atoms with Crippen molar-refractivity contribution in [2.45, 2.75) is 26.3 Å². The molecule has 0 aromatic heterocycles. The Bertz CT molecular complexity index is 433. The fraction of sp³-hybridized carbons (Fsp3) is 0.385. The van der Waals surface area contributed by atoms with Crippen LogP contribution in [-0.2, 0) is 4.79 Å². The predicted molar refractivity (Wildman–Crippen MR) is 71.3 cm³/mol. The first-order chi connectivity index (χ1) is 8.34. The minimum atomic E-state index is -0.932. The van der Waals surface area contributed by atoms with Gasteiger partial charge in [0.1, 0.15) is 0 Å². The molecular weight excluding hydrogens is 230 g/mol. The molecule has 5 heteroatoms. The van der Waals surface area contributed by atoms with Gasteiger partial charge in [0.15, 0.2) is 0 Å². The van der Waals surface area contributed by atoms with Crippen LogP contribution < -0.4 is 16.4 Å². The van der Waals surface area contributed by atoms with Crippen LogP contribution >= 0.6 is 0 Å². The van der Waals surface area contributed by atoms with Crippen LogP contribution in [0.2, 0.25) is 0 Å². The van der Waals surface area contributed by atoms with Crippen LogP contribution in [0.3, 0.4) is 0 Å². The normalized spacial score (nSPS) is 10.9. The number of benzene rings is 1. The summed E-state index contributed by atoms with van der Waals surface area (Å²) in [6, 6.07) is 6.66. The SMILES string of the molecule is CCNC(=O)c1ccc(NC(=O)C(C)(C)N)cc1. The molecule has 0 fully saturated rings. The minimum absolute atomic E-state index is 0.130. The zero-order chi connectivity index (χ0) is 13.8. The molecule has 0 heterocycles. The largest absolute Gasteiger partial charge is 0.352 e. The molecule has 0 saturated carbocycles. The van der Waals surface area contributed by atoms with Crippen molar-refractivity contribution in [3.05, 3.63) is 29.8 Å². The van der Waals surface area contributed by atoms with Crippen molar-refractivity contribution in [2.24, 2.45) is 5.73 Å². The molecule has 0 spiro atoms. The number of nitrogens with two attached hydrogens (primary N) is 1. The summed E-state index contributed by atoms with van der Waals surface area (Å²) >= 11 is 0. The molecule has 0 bridgehead atoms. The van der Waals surface area contributed by atoms with Crippen molar-refractivity contribution in [1.29, 1.82) is 0 Å². The highest BCUT2D eigenvalue weighted by molar-refractivity contribution is 5.98. The Labute approximate surface area is 107 Å². The van der Waals surface area contributed by atoms with Crippen molar-refractivity contribution < 1.29 is 9.59 Å². The van der Waals surface area contributed by atoms with Gasteiger partial charge < -0.3 is 16.4 Å². The topological polar surface area (TPSA) is 84.2 Å². The third-order valence-electron chi connectivity index (χ3n) is 2.33. The first-order valence-corrected chi connectivity index (χ1v) is 5.83. The lowest BCUT2D eigenvalue weighted by atomic mass is 10.1. The van der Waals surface area contributed by atoms with Gasteiger partial charge in [0.05, 0.1) is 5.54 Å². The number of carbonyl (C=O) groups is 2. The van der Waals surface area contributed by atoms with Gasteiger partial charge in [-0.3, -0.25) is 9.59 Å². The second-order valence-corrected chi connectivity index (χ2v) is 4.61.